The maximum atomic E-state index is 5.71. The van der Waals surface area contributed by atoms with Crippen molar-refractivity contribution in [1.29, 1.82) is 0 Å². The van der Waals surface area contributed by atoms with E-state index in [2.05, 4.69) is 43.7 Å². The van der Waals surface area contributed by atoms with E-state index in [0.29, 0.717) is 0 Å². The van der Waals surface area contributed by atoms with Crippen LogP contribution in [0.1, 0.15) is 30.0 Å². The van der Waals surface area contributed by atoms with Crippen LogP contribution < -0.4 is 5.73 Å². The quantitative estimate of drug-likeness (QED) is 0.859. The normalized spacial score (nSPS) is 11.3. The molecular weight excluding hydrogens is 208 g/mol. The molecule has 2 nitrogen and oxygen atoms in total. The van der Waals surface area contributed by atoms with E-state index in [1.54, 1.807) is 0 Å². The second-order valence-corrected chi connectivity index (χ2v) is 4.86. The molecule has 2 rings (SSSR count). The molecule has 0 unspecified atom stereocenters. The highest BCUT2D eigenvalue weighted by atomic mass is 15.0. The molecule has 0 bridgehead atoms. The zero-order valence-electron chi connectivity index (χ0n) is 11.1. The van der Waals surface area contributed by atoms with Gasteiger partial charge in [-0.05, 0) is 56.0 Å². The van der Waals surface area contributed by atoms with E-state index >= 15 is 0 Å². The molecule has 0 fully saturated rings. The number of aromatic nitrogens is 1. The van der Waals surface area contributed by atoms with Gasteiger partial charge in [0.15, 0.2) is 0 Å². The fraction of sp³-hybridized carbons (Fsp3) is 0.467. The number of nitrogens with two attached hydrogens (primary N) is 1. The van der Waals surface area contributed by atoms with E-state index in [1.807, 2.05) is 0 Å². The SMILES string of the molecule is CCCn1cc(CCN)c2c(C)cc(C)cc21. The Morgan fingerprint density at radius 3 is 2.65 bits per heavy atom. The van der Waals surface area contributed by atoms with Crippen molar-refractivity contribution in [2.45, 2.75) is 40.2 Å². The Kier molecular flexibility index (Phi) is 3.53. The van der Waals surface area contributed by atoms with Gasteiger partial charge < -0.3 is 10.3 Å². The summed E-state index contributed by atoms with van der Waals surface area (Å²) in [5, 5.41) is 1.41. The molecule has 0 aliphatic carbocycles. The maximum Gasteiger partial charge on any atom is 0.0488 e. The van der Waals surface area contributed by atoms with Crippen molar-refractivity contribution in [3.63, 3.8) is 0 Å². The molecular formula is C15H22N2. The fourth-order valence-corrected chi connectivity index (χ4v) is 2.68. The van der Waals surface area contributed by atoms with Gasteiger partial charge in [-0.25, -0.2) is 0 Å². The largest absolute Gasteiger partial charge is 0.347 e. The number of hydrogen-bond donors (Lipinski definition) is 1. The molecule has 0 atom stereocenters. The van der Waals surface area contributed by atoms with Gasteiger partial charge in [0.05, 0.1) is 0 Å². The first-order valence-electron chi connectivity index (χ1n) is 6.46. The lowest BCUT2D eigenvalue weighted by molar-refractivity contribution is 0.700. The van der Waals surface area contributed by atoms with Crippen molar-refractivity contribution >= 4 is 10.9 Å². The fourth-order valence-electron chi connectivity index (χ4n) is 2.68. The summed E-state index contributed by atoms with van der Waals surface area (Å²) in [7, 11) is 0. The van der Waals surface area contributed by atoms with Crippen LogP contribution in [0.4, 0.5) is 0 Å². The van der Waals surface area contributed by atoms with Crippen LogP contribution in [0.5, 0.6) is 0 Å². The summed E-state index contributed by atoms with van der Waals surface area (Å²) in [4.78, 5) is 0. The van der Waals surface area contributed by atoms with Gasteiger partial charge in [0.2, 0.25) is 0 Å². The van der Waals surface area contributed by atoms with Gasteiger partial charge in [-0.1, -0.05) is 13.0 Å². The van der Waals surface area contributed by atoms with Crippen LogP contribution in [0.2, 0.25) is 0 Å². The number of benzene rings is 1. The van der Waals surface area contributed by atoms with Crippen LogP contribution in [0.3, 0.4) is 0 Å². The standard InChI is InChI=1S/C15H22N2/c1-4-7-17-10-13(5-6-16)15-12(3)8-11(2)9-14(15)17/h8-10H,4-7,16H2,1-3H3. The first-order chi connectivity index (χ1) is 8.17. The van der Waals surface area contributed by atoms with Crippen LogP contribution in [0.25, 0.3) is 10.9 Å². The average Bonchev–Trinajstić information content (AvgIpc) is 2.58. The molecule has 0 spiro atoms. The van der Waals surface area contributed by atoms with Gasteiger partial charge in [-0.2, -0.15) is 0 Å². The van der Waals surface area contributed by atoms with Crippen LogP contribution >= 0.6 is 0 Å². The summed E-state index contributed by atoms with van der Waals surface area (Å²) >= 11 is 0. The molecule has 0 aliphatic heterocycles. The van der Waals surface area contributed by atoms with Crippen molar-refractivity contribution in [2.75, 3.05) is 6.54 Å². The van der Waals surface area contributed by atoms with Crippen LogP contribution in [0.15, 0.2) is 18.3 Å². The highest BCUT2D eigenvalue weighted by Crippen LogP contribution is 2.27. The average molecular weight is 230 g/mol. The van der Waals surface area contributed by atoms with Crippen molar-refractivity contribution in [3.05, 3.63) is 35.0 Å². The molecule has 0 aliphatic rings. The van der Waals surface area contributed by atoms with Crippen molar-refractivity contribution in [2.24, 2.45) is 5.73 Å². The van der Waals surface area contributed by atoms with Crippen LogP contribution in [-0.2, 0) is 13.0 Å². The summed E-state index contributed by atoms with van der Waals surface area (Å²) in [5.41, 5.74) is 11.2. The third-order valence-corrected chi connectivity index (χ3v) is 3.28. The predicted octanol–water partition coefficient (Wildman–Crippen LogP) is 3.17. The lowest BCUT2D eigenvalue weighted by atomic mass is 10.0. The molecule has 1 aromatic heterocycles. The number of aryl methyl sites for hydroxylation is 3. The zero-order valence-corrected chi connectivity index (χ0v) is 11.1. The molecule has 0 saturated carbocycles. The Labute approximate surface area is 103 Å². The lowest BCUT2D eigenvalue weighted by Gasteiger charge is -2.05. The molecule has 1 heterocycles. The second-order valence-electron chi connectivity index (χ2n) is 4.86. The molecule has 0 radical (unpaired) electrons. The smallest absolute Gasteiger partial charge is 0.0488 e. The maximum absolute atomic E-state index is 5.71. The summed E-state index contributed by atoms with van der Waals surface area (Å²) in [6.07, 6.45) is 4.42. The molecule has 0 saturated heterocycles. The Morgan fingerprint density at radius 2 is 2.00 bits per heavy atom. The molecule has 92 valence electrons. The number of nitrogens with zero attached hydrogens (tertiary/aromatic N) is 1. The van der Waals surface area contributed by atoms with E-state index in [1.165, 1.54) is 34.0 Å². The number of hydrogen-bond acceptors (Lipinski definition) is 1. The van der Waals surface area contributed by atoms with E-state index in [4.69, 9.17) is 5.73 Å². The van der Waals surface area contributed by atoms with Gasteiger partial charge in [0, 0.05) is 23.6 Å². The summed E-state index contributed by atoms with van der Waals surface area (Å²) in [6, 6.07) is 4.55. The van der Waals surface area contributed by atoms with E-state index in [0.717, 1.165) is 19.5 Å². The number of fused-ring (bicyclic) bond motifs is 1. The zero-order chi connectivity index (χ0) is 12.4. The van der Waals surface area contributed by atoms with E-state index in [9.17, 15) is 0 Å². The van der Waals surface area contributed by atoms with E-state index in [-0.39, 0.29) is 0 Å². The molecule has 1 aromatic carbocycles. The van der Waals surface area contributed by atoms with Crippen molar-refractivity contribution < 1.29 is 0 Å². The van der Waals surface area contributed by atoms with Crippen molar-refractivity contribution in [3.8, 4) is 0 Å². The van der Waals surface area contributed by atoms with Gasteiger partial charge in [-0.15, -0.1) is 0 Å². The van der Waals surface area contributed by atoms with Crippen molar-refractivity contribution in [1.82, 2.24) is 4.57 Å². The minimum Gasteiger partial charge on any atom is -0.347 e. The molecule has 2 N–H and O–H groups in total. The van der Waals surface area contributed by atoms with Gasteiger partial charge in [0.1, 0.15) is 0 Å². The Hall–Kier alpha value is -1.28. The second kappa shape index (κ2) is 4.92. The Balaban J connectivity index is 2.67. The van der Waals surface area contributed by atoms with E-state index < -0.39 is 0 Å². The third kappa shape index (κ3) is 2.22. The first kappa shape index (κ1) is 12.2. The molecule has 2 aromatic rings. The minimum absolute atomic E-state index is 0.721. The first-order valence-corrected chi connectivity index (χ1v) is 6.46. The molecule has 17 heavy (non-hydrogen) atoms. The predicted molar refractivity (Wildman–Crippen MR) is 74.5 cm³/mol. The summed E-state index contributed by atoms with van der Waals surface area (Å²) in [5.74, 6) is 0. The summed E-state index contributed by atoms with van der Waals surface area (Å²) in [6.45, 7) is 8.39. The van der Waals surface area contributed by atoms with Gasteiger partial charge in [0.25, 0.3) is 0 Å². The lowest BCUT2D eigenvalue weighted by Crippen LogP contribution is -2.02. The molecule has 0 amide bonds. The van der Waals surface area contributed by atoms with Crippen LogP contribution in [-0.4, -0.2) is 11.1 Å². The highest BCUT2D eigenvalue weighted by molar-refractivity contribution is 5.88. The van der Waals surface area contributed by atoms with Gasteiger partial charge >= 0.3 is 0 Å². The monoisotopic (exact) mass is 230 g/mol. The number of rotatable bonds is 4. The molecule has 2 heteroatoms. The summed E-state index contributed by atoms with van der Waals surface area (Å²) < 4.78 is 2.38. The third-order valence-electron chi connectivity index (χ3n) is 3.28. The Bertz CT molecular complexity index is 523. The van der Waals surface area contributed by atoms with Gasteiger partial charge in [-0.3, -0.25) is 0 Å². The Morgan fingerprint density at radius 1 is 1.24 bits per heavy atom. The van der Waals surface area contributed by atoms with Crippen LogP contribution in [0, 0.1) is 13.8 Å². The minimum atomic E-state index is 0.721. The highest BCUT2D eigenvalue weighted by Gasteiger charge is 2.10. The topological polar surface area (TPSA) is 30.9 Å².